The van der Waals surface area contributed by atoms with Crippen LogP contribution >= 0.6 is 22.6 Å². The number of furan rings is 1. The van der Waals surface area contributed by atoms with E-state index in [0.29, 0.717) is 18.8 Å². The van der Waals surface area contributed by atoms with E-state index in [0.717, 1.165) is 16.6 Å². The molecule has 1 saturated heterocycles. The quantitative estimate of drug-likeness (QED) is 0.576. The topological polar surface area (TPSA) is 53.8 Å². The molecule has 0 bridgehead atoms. The van der Waals surface area contributed by atoms with Gasteiger partial charge in [-0.15, -0.1) is 0 Å². The average molecular weight is 402 g/mol. The van der Waals surface area contributed by atoms with Crippen molar-refractivity contribution in [1.29, 1.82) is 0 Å². The molecule has 0 radical (unpaired) electrons. The van der Waals surface area contributed by atoms with Crippen LogP contribution in [0.3, 0.4) is 0 Å². The summed E-state index contributed by atoms with van der Waals surface area (Å²) in [4.78, 5) is 27.4. The van der Waals surface area contributed by atoms with Crippen molar-refractivity contribution < 1.29 is 14.0 Å². The number of nitrogens with zero attached hydrogens (tertiary/aromatic N) is 2. The zero-order valence-electron chi connectivity index (χ0n) is 12.2. The fourth-order valence-electron chi connectivity index (χ4n) is 2.39. The first-order valence-corrected chi connectivity index (χ1v) is 7.98. The number of hydrogen-bond donors (Lipinski definition) is 0. The molecule has 0 atom stereocenters. The Balaban J connectivity index is 1.86. The van der Waals surface area contributed by atoms with Crippen LogP contribution in [0, 0.1) is 9.68 Å². The van der Waals surface area contributed by atoms with E-state index >= 15 is 0 Å². The van der Waals surface area contributed by atoms with Crippen LogP contribution in [0.1, 0.15) is 18.6 Å². The lowest BCUT2D eigenvalue weighted by atomic mass is 9.95. The summed E-state index contributed by atoms with van der Waals surface area (Å²) in [5, 5.41) is 0. The van der Waals surface area contributed by atoms with Gasteiger partial charge < -0.3 is 14.2 Å². The second-order valence-corrected chi connectivity index (χ2v) is 6.37. The van der Waals surface area contributed by atoms with Gasteiger partial charge in [0.05, 0.1) is 0 Å². The van der Waals surface area contributed by atoms with E-state index in [4.69, 9.17) is 4.42 Å². The minimum atomic E-state index is -0.0304. The molecule has 0 aliphatic carbocycles. The van der Waals surface area contributed by atoms with E-state index in [9.17, 15) is 9.59 Å². The highest BCUT2D eigenvalue weighted by Gasteiger charge is 2.27. The van der Waals surface area contributed by atoms with Gasteiger partial charge in [0.25, 0.3) is 0 Å². The summed E-state index contributed by atoms with van der Waals surface area (Å²) in [5.41, 5.74) is 0. The summed E-state index contributed by atoms with van der Waals surface area (Å²) in [5.74, 6) is 0.838. The molecule has 1 aromatic heterocycles. The number of carbonyl (C=O) groups excluding carboxylic acids is 2. The van der Waals surface area contributed by atoms with Crippen molar-refractivity contribution >= 4 is 40.5 Å². The summed E-state index contributed by atoms with van der Waals surface area (Å²) in [6.45, 7) is 1.26. The molecule has 21 heavy (non-hydrogen) atoms. The van der Waals surface area contributed by atoms with E-state index < -0.39 is 0 Å². The second kappa shape index (κ2) is 7.11. The van der Waals surface area contributed by atoms with E-state index in [1.54, 1.807) is 30.0 Å². The maximum Gasteiger partial charge on any atom is 0.246 e. The van der Waals surface area contributed by atoms with Gasteiger partial charge in [0.2, 0.25) is 11.8 Å². The van der Waals surface area contributed by atoms with Crippen LogP contribution < -0.4 is 0 Å². The highest BCUT2D eigenvalue weighted by molar-refractivity contribution is 14.1. The number of rotatable bonds is 3. The molecule has 1 aliphatic heterocycles. The number of amides is 2. The van der Waals surface area contributed by atoms with Gasteiger partial charge in [-0.05, 0) is 53.6 Å². The number of carbonyl (C=O) groups is 2. The Kier molecular flexibility index (Phi) is 5.44. The summed E-state index contributed by atoms with van der Waals surface area (Å²) in [6, 6.07) is 3.68. The molecule has 2 rings (SSSR count). The normalized spacial score (nSPS) is 16.4. The van der Waals surface area contributed by atoms with Crippen LogP contribution in [0.5, 0.6) is 0 Å². The Bertz CT molecular complexity index is 543. The predicted octanol–water partition coefficient (Wildman–Crippen LogP) is 2.22. The van der Waals surface area contributed by atoms with Crippen LogP contribution in [-0.2, 0) is 9.59 Å². The molecule has 0 spiro atoms. The van der Waals surface area contributed by atoms with Gasteiger partial charge in [0.1, 0.15) is 5.76 Å². The van der Waals surface area contributed by atoms with Crippen molar-refractivity contribution in [2.45, 2.75) is 12.8 Å². The molecule has 0 aromatic carbocycles. The summed E-state index contributed by atoms with van der Waals surface area (Å²) >= 11 is 2.08. The smallest absolute Gasteiger partial charge is 0.246 e. The molecule has 6 heteroatoms. The minimum Gasteiger partial charge on any atom is -0.451 e. The Morgan fingerprint density at radius 2 is 2.00 bits per heavy atom. The first-order chi connectivity index (χ1) is 9.97. The zero-order valence-corrected chi connectivity index (χ0v) is 14.4. The summed E-state index contributed by atoms with van der Waals surface area (Å²) in [7, 11) is 3.54. The van der Waals surface area contributed by atoms with Gasteiger partial charge in [-0.3, -0.25) is 9.59 Å². The molecule has 2 heterocycles. The summed E-state index contributed by atoms with van der Waals surface area (Å²) < 4.78 is 6.17. The standard InChI is InChI=1S/C15H19IN2O3/c1-17(2)15(20)11-7-9-18(10-8-11)14(19)6-4-12-3-5-13(16)21-12/h3-6,11H,7-10H2,1-2H3/b6-4+. The molecule has 0 saturated carbocycles. The first kappa shape index (κ1) is 16.1. The van der Waals surface area contributed by atoms with Gasteiger partial charge in [0, 0.05) is 39.2 Å². The molecule has 1 fully saturated rings. The van der Waals surface area contributed by atoms with Crippen molar-refractivity contribution in [3.8, 4) is 0 Å². The SMILES string of the molecule is CN(C)C(=O)C1CCN(C(=O)/C=C/c2ccc(I)o2)CC1. The van der Waals surface area contributed by atoms with Crippen molar-refractivity contribution in [2.75, 3.05) is 27.2 Å². The highest BCUT2D eigenvalue weighted by Crippen LogP contribution is 2.19. The lowest BCUT2D eigenvalue weighted by molar-refractivity contribution is -0.137. The third kappa shape index (κ3) is 4.33. The Morgan fingerprint density at radius 1 is 1.33 bits per heavy atom. The largest absolute Gasteiger partial charge is 0.451 e. The minimum absolute atomic E-state index is 0.0304. The third-order valence-electron chi connectivity index (χ3n) is 3.58. The van der Waals surface area contributed by atoms with Crippen molar-refractivity contribution in [2.24, 2.45) is 5.92 Å². The molecular weight excluding hydrogens is 383 g/mol. The average Bonchev–Trinajstić information content (AvgIpc) is 2.89. The summed E-state index contributed by atoms with van der Waals surface area (Å²) in [6.07, 6.45) is 4.68. The van der Waals surface area contributed by atoms with Crippen LogP contribution in [0.25, 0.3) is 6.08 Å². The van der Waals surface area contributed by atoms with Crippen molar-refractivity contribution in [1.82, 2.24) is 9.80 Å². The van der Waals surface area contributed by atoms with Crippen LogP contribution in [0.4, 0.5) is 0 Å². The number of halogens is 1. The Labute approximate surface area is 138 Å². The lowest BCUT2D eigenvalue weighted by Crippen LogP contribution is -2.42. The molecule has 114 valence electrons. The fourth-order valence-corrected chi connectivity index (χ4v) is 2.82. The predicted molar refractivity (Wildman–Crippen MR) is 88.5 cm³/mol. The second-order valence-electron chi connectivity index (χ2n) is 5.31. The van der Waals surface area contributed by atoms with Crippen LogP contribution in [0.15, 0.2) is 22.6 Å². The van der Waals surface area contributed by atoms with Gasteiger partial charge >= 0.3 is 0 Å². The van der Waals surface area contributed by atoms with E-state index in [1.165, 1.54) is 6.08 Å². The zero-order chi connectivity index (χ0) is 15.4. The van der Waals surface area contributed by atoms with Gasteiger partial charge in [-0.25, -0.2) is 0 Å². The maximum atomic E-state index is 12.1. The van der Waals surface area contributed by atoms with Gasteiger partial charge in [0.15, 0.2) is 3.77 Å². The molecule has 0 unspecified atom stereocenters. The number of hydrogen-bond acceptors (Lipinski definition) is 3. The highest BCUT2D eigenvalue weighted by atomic mass is 127. The lowest BCUT2D eigenvalue weighted by Gasteiger charge is -2.31. The fraction of sp³-hybridized carbons (Fsp3) is 0.467. The number of piperidine rings is 1. The maximum absolute atomic E-state index is 12.1. The Morgan fingerprint density at radius 3 is 2.52 bits per heavy atom. The molecule has 1 aliphatic rings. The Hall–Kier alpha value is -1.31. The molecule has 1 aromatic rings. The molecule has 0 N–H and O–H groups in total. The molecule has 5 nitrogen and oxygen atoms in total. The van der Waals surface area contributed by atoms with Crippen LogP contribution in [-0.4, -0.2) is 48.8 Å². The van der Waals surface area contributed by atoms with Crippen molar-refractivity contribution in [3.63, 3.8) is 0 Å². The number of likely N-dealkylation sites (tertiary alicyclic amines) is 1. The van der Waals surface area contributed by atoms with E-state index in [-0.39, 0.29) is 17.7 Å². The van der Waals surface area contributed by atoms with Gasteiger partial charge in [-0.2, -0.15) is 0 Å². The molecular formula is C15H19IN2O3. The third-order valence-corrected chi connectivity index (χ3v) is 4.16. The molecule has 2 amide bonds. The van der Waals surface area contributed by atoms with Crippen LogP contribution in [0.2, 0.25) is 0 Å². The monoisotopic (exact) mass is 402 g/mol. The van der Waals surface area contributed by atoms with E-state index in [2.05, 4.69) is 22.6 Å². The first-order valence-electron chi connectivity index (χ1n) is 6.91. The van der Waals surface area contributed by atoms with E-state index in [1.807, 2.05) is 12.1 Å². The van der Waals surface area contributed by atoms with Gasteiger partial charge in [-0.1, -0.05) is 0 Å². The van der Waals surface area contributed by atoms with Crippen molar-refractivity contribution in [3.05, 3.63) is 27.7 Å².